The summed E-state index contributed by atoms with van der Waals surface area (Å²) < 4.78 is 13.5. The molecule has 0 aliphatic carbocycles. The van der Waals surface area contributed by atoms with Crippen molar-refractivity contribution in [2.45, 2.75) is 11.4 Å². The van der Waals surface area contributed by atoms with Crippen LogP contribution in [-0.4, -0.2) is 12.3 Å². The fourth-order valence-electron chi connectivity index (χ4n) is 2.48. The molecule has 1 aliphatic rings. The molecule has 0 spiro atoms. The van der Waals surface area contributed by atoms with Gasteiger partial charge >= 0.3 is 0 Å². The molecule has 0 saturated carbocycles. The fraction of sp³-hybridized carbons (Fsp3) is 0.188. The number of nitrogen functional groups attached to an aromatic ring is 1. The zero-order chi connectivity index (χ0) is 14.8. The second kappa shape index (κ2) is 5.66. The van der Waals surface area contributed by atoms with Crippen LogP contribution in [0.5, 0.6) is 0 Å². The molecule has 0 aromatic heterocycles. The molecular formula is C16H14FN3S. The van der Waals surface area contributed by atoms with E-state index >= 15 is 0 Å². The summed E-state index contributed by atoms with van der Waals surface area (Å²) in [7, 11) is 0. The summed E-state index contributed by atoms with van der Waals surface area (Å²) in [6, 6.07) is 12.3. The molecule has 106 valence electrons. The lowest BCUT2D eigenvalue weighted by atomic mass is 10.1. The summed E-state index contributed by atoms with van der Waals surface area (Å²) in [5, 5.41) is 8.94. The third kappa shape index (κ3) is 2.96. The van der Waals surface area contributed by atoms with Crippen LogP contribution in [0.2, 0.25) is 0 Å². The van der Waals surface area contributed by atoms with E-state index in [0.717, 1.165) is 29.2 Å². The van der Waals surface area contributed by atoms with Crippen molar-refractivity contribution in [2.75, 3.05) is 22.9 Å². The number of rotatable bonds is 2. The minimum Gasteiger partial charge on any atom is -0.399 e. The normalized spacial score (nSPS) is 13.6. The SMILES string of the molecule is N#Cc1cc(F)cc(CN2CCSc3ccc(N)cc32)c1. The monoisotopic (exact) mass is 299 g/mol. The van der Waals surface area contributed by atoms with Gasteiger partial charge in [0.15, 0.2) is 0 Å². The van der Waals surface area contributed by atoms with Crippen LogP contribution in [0.15, 0.2) is 41.3 Å². The van der Waals surface area contributed by atoms with Gasteiger partial charge in [0.1, 0.15) is 5.82 Å². The number of halogens is 1. The molecule has 5 heteroatoms. The zero-order valence-corrected chi connectivity index (χ0v) is 12.2. The van der Waals surface area contributed by atoms with Crippen LogP contribution in [0, 0.1) is 17.1 Å². The summed E-state index contributed by atoms with van der Waals surface area (Å²) in [5.41, 5.74) is 8.82. The Hall–Kier alpha value is -2.19. The van der Waals surface area contributed by atoms with E-state index in [1.807, 2.05) is 24.3 Å². The molecular weight excluding hydrogens is 285 g/mol. The first-order valence-electron chi connectivity index (χ1n) is 6.62. The molecule has 21 heavy (non-hydrogen) atoms. The van der Waals surface area contributed by atoms with Crippen molar-refractivity contribution in [3.8, 4) is 6.07 Å². The lowest BCUT2D eigenvalue weighted by molar-refractivity contribution is 0.624. The molecule has 1 heterocycles. The highest BCUT2D eigenvalue weighted by Crippen LogP contribution is 2.36. The quantitative estimate of drug-likeness (QED) is 0.864. The van der Waals surface area contributed by atoms with Crippen LogP contribution in [-0.2, 0) is 6.54 Å². The van der Waals surface area contributed by atoms with Crippen molar-refractivity contribution in [1.29, 1.82) is 5.26 Å². The molecule has 2 N–H and O–H groups in total. The Bertz CT molecular complexity index is 724. The van der Waals surface area contributed by atoms with E-state index < -0.39 is 0 Å². The largest absolute Gasteiger partial charge is 0.399 e. The first-order chi connectivity index (χ1) is 10.2. The Morgan fingerprint density at radius 2 is 2.14 bits per heavy atom. The van der Waals surface area contributed by atoms with Crippen molar-refractivity contribution in [3.05, 3.63) is 53.3 Å². The second-order valence-corrected chi connectivity index (χ2v) is 6.09. The van der Waals surface area contributed by atoms with Gasteiger partial charge in [0.2, 0.25) is 0 Å². The minimum absolute atomic E-state index is 0.351. The van der Waals surface area contributed by atoms with E-state index in [2.05, 4.69) is 4.90 Å². The minimum atomic E-state index is -0.372. The molecule has 0 bridgehead atoms. The molecule has 3 rings (SSSR count). The lowest BCUT2D eigenvalue weighted by Crippen LogP contribution is -2.28. The molecule has 0 radical (unpaired) electrons. The van der Waals surface area contributed by atoms with Crippen molar-refractivity contribution < 1.29 is 4.39 Å². The summed E-state index contributed by atoms with van der Waals surface area (Å²) >= 11 is 1.80. The van der Waals surface area contributed by atoms with Gasteiger partial charge in [-0.15, -0.1) is 11.8 Å². The molecule has 0 fully saturated rings. The Morgan fingerprint density at radius 1 is 1.29 bits per heavy atom. The second-order valence-electron chi connectivity index (χ2n) is 4.96. The predicted molar refractivity (Wildman–Crippen MR) is 83.7 cm³/mol. The number of thioether (sulfide) groups is 1. The van der Waals surface area contributed by atoms with Gasteiger partial charge in [0.05, 0.1) is 17.3 Å². The van der Waals surface area contributed by atoms with Crippen LogP contribution in [0.3, 0.4) is 0 Å². The summed E-state index contributed by atoms with van der Waals surface area (Å²) in [6.07, 6.45) is 0. The van der Waals surface area contributed by atoms with Gasteiger partial charge in [-0.25, -0.2) is 4.39 Å². The number of nitrogens with zero attached hydrogens (tertiary/aromatic N) is 2. The average Bonchev–Trinajstić information content (AvgIpc) is 2.47. The molecule has 0 unspecified atom stereocenters. The van der Waals surface area contributed by atoms with Crippen molar-refractivity contribution >= 4 is 23.1 Å². The Morgan fingerprint density at radius 3 is 2.95 bits per heavy atom. The molecule has 0 amide bonds. The van der Waals surface area contributed by atoms with E-state index in [1.54, 1.807) is 17.8 Å². The third-order valence-electron chi connectivity index (χ3n) is 3.40. The van der Waals surface area contributed by atoms with Crippen LogP contribution in [0.4, 0.5) is 15.8 Å². The van der Waals surface area contributed by atoms with Crippen LogP contribution < -0.4 is 10.6 Å². The standard InChI is InChI=1S/C16H14FN3S/c17-13-6-11(9-18)5-12(7-13)10-20-3-4-21-16-2-1-14(19)8-15(16)20/h1-2,5-8H,3-4,10,19H2. The number of benzene rings is 2. The van der Waals surface area contributed by atoms with Gasteiger partial charge < -0.3 is 10.6 Å². The Balaban J connectivity index is 1.92. The molecule has 2 aromatic rings. The first-order valence-corrected chi connectivity index (χ1v) is 7.61. The van der Waals surface area contributed by atoms with E-state index in [-0.39, 0.29) is 5.82 Å². The van der Waals surface area contributed by atoms with Crippen molar-refractivity contribution in [1.82, 2.24) is 0 Å². The highest BCUT2D eigenvalue weighted by molar-refractivity contribution is 7.99. The summed E-state index contributed by atoms with van der Waals surface area (Å²) in [6.45, 7) is 1.45. The van der Waals surface area contributed by atoms with Gasteiger partial charge in [-0.1, -0.05) is 0 Å². The molecule has 3 nitrogen and oxygen atoms in total. The Labute approximate surface area is 127 Å². The number of hydrogen-bond acceptors (Lipinski definition) is 4. The highest BCUT2D eigenvalue weighted by atomic mass is 32.2. The molecule has 0 saturated heterocycles. The maximum atomic E-state index is 13.5. The van der Waals surface area contributed by atoms with E-state index in [4.69, 9.17) is 11.0 Å². The van der Waals surface area contributed by atoms with Crippen molar-refractivity contribution in [2.24, 2.45) is 0 Å². The van der Waals surface area contributed by atoms with E-state index in [1.165, 1.54) is 17.0 Å². The fourth-order valence-corrected chi connectivity index (χ4v) is 3.51. The average molecular weight is 299 g/mol. The van der Waals surface area contributed by atoms with Gasteiger partial charge in [-0.2, -0.15) is 5.26 Å². The number of nitrogens with two attached hydrogens (primary N) is 1. The van der Waals surface area contributed by atoms with Gasteiger partial charge in [0, 0.05) is 29.4 Å². The summed E-state index contributed by atoms with van der Waals surface area (Å²) in [4.78, 5) is 3.37. The maximum absolute atomic E-state index is 13.5. The molecule has 1 aliphatic heterocycles. The van der Waals surface area contributed by atoms with Gasteiger partial charge in [0.25, 0.3) is 0 Å². The smallest absolute Gasteiger partial charge is 0.124 e. The number of fused-ring (bicyclic) bond motifs is 1. The van der Waals surface area contributed by atoms with Crippen LogP contribution in [0.25, 0.3) is 0 Å². The summed E-state index contributed by atoms with van der Waals surface area (Å²) in [5.74, 6) is 0.611. The zero-order valence-electron chi connectivity index (χ0n) is 11.3. The highest BCUT2D eigenvalue weighted by Gasteiger charge is 2.18. The first kappa shape index (κ1) is 13.8. The van der Waals surface area contributed by atoms with Crippen molar-refractivity contribution in [3.63, 3.8) is 0 Å². The third-order valence-corrected chi connectivity index (χ3v) is 4.45. The maximum Gasteiger partial charge on any atom is 0.124 e. The van der Waals surface area contributed by atoms with Crippen LogP contribution >= 0.6 is 11.8 Å². The van der Waals surface area contributed by atoms with E-state index in [9.17, 15) is 4.39 Å². The lowest BCUT2D eigenvalue weighted by Gasteiger charge is -2.31. The van der Waals surface area contributed by atoms with E-state index in [0.29, 0.717) is 12.1 Å². The van der Waals surface area contributed by atoms with Gasteiger partial charge in [-0.05, 0) is 42.0 Å². The predicted octanol–water partition coefficient (Wildman–Crippen LogP) is 3.39. The van der Waals surface area contributed by atoms with Gasteiger partial charge in [-0.3, -0.25) is 0 Å². The molecule has 2 aromatic carbocycles. The topological polar surface area (TPSA) is 53.0 Å². The van der Waals surface area contributed by atoms with Crippen LogP contribution in [0.1, 0.15) is 11.1 Å². The number of nitriles is 1. The molecule has 0 atom stereocenters. The number of hydrogen-bond donors (Lipinski definition) is 1. The Kier molecular flexibility index (Phi) is 3.72. The number of anilines is 2.